The Labute approximate surface area is 181 Å². The van der Waals surface area contributed by atoms with Crippen molar-refractivity contribution in [1.29, 1.82) is 0 Å². The van der Waals surface area contributed by atoms with E-state index in [2.05, 4.69) is 36.5 Å². The Morgan fingerprint density at radius 1 is 0.700 bits per heavy atom. The summed E-state index contributed by atoms with van der Waals surface area (Å²) in [5.41, 5.74) is 0.332. The highest BCUT2D eigenvalue weighted by Gasteiger charge is 2.45. The molecule has 30 heavy (non-hydrogen) atoms. The van der Waals surface area contributed by atoms with Crippen molar-refractivity contribution in [2.24, 2.45) is 23.7 Å². The van der Waals surface area contributed by atoms with Crippen LogP contribution in [0, 0.1) is 23.7 Å². The third-order valence-electron chi connectivity index (χ3n) is 7.12. The topological polar surface area (TPSA) is 60.7 Å². The monoisotopic (exact) mass is 410 g/mol. The van der Waals surface area contributed by atoms with Crippen LogP contribution < -0.4 is 0 Å². The summed E-state index contributed by atoms with van der Waals surface area (Å²) in [6.45, 7) is 11.6. The van der Waals surface area contributed by atoms with Crippen LogP contribution in [-0.2, 0) is 0 Å². The van der Waals surface area contributed by atoms with Crippen LogP contribution >= 0.6 is 0 Å². The molecular formula is C27H38O3. The lowest BCUT2D eigenvalue weighted by atomic mass is 9.63. The molecule has 0 saturated carbocycles. The molecule has 0 spiro atoms. The average Bonchev–Trinajstić information content (AvgIpc) is 2.56. The van der Waals surface area contributed by atoms with Gasteiger partial charge in [-0.15, -0.1) is 0 Å². The fourth-order valence-corrected chi connectivity index (χ4v) is 5.69. The fraction of sp³-hybridized carbons (Fsp3) is 0.556. The summed E-state index contributed by atoms with van der Waals surface area (Å²) in [5.74, 6) is -0.214. The van der Waals surface area contributed by atoms with Crippen molar-refractivity contribution < 1.29 is 15.3 Å². The molecule has 3 aliphatic rings. The lowest BCUT2D eigenvalue weighted by Crippen LogP contribution is -2.47. The van der Waals surface area contributed by atoms with Gasteiger partial charge in [0, 0.05) is 17.8 Å². The van der Waals surface area contributed by atoms with E-state index in [0.29, 0.717) is 0 Å². The van der Waals surface area contributed by atoms with Crippen LogP contribution in [0.4, 0.5) is 0 Å². The lowest BCUT2D eigenvalue weighted by Gasteiger charge is -2.45. The molecule has 0 heterocycles. The minimum absolute atomic E-state index is 0.00768. The van der Waals surface area contributed by atoms with Crippen molar-refractivity contribution in [3.8, 4) is 0 Å². The molecule has 6 unspecified atom stereocenters. The highest BCUT2D eigenvalue weighted by molar-refractivity contribution is 5.33. The SMILES string of the molecule is CC1=CC(C)(O)C(CCC(C2C=CC(C)=CC2(C)O)C2C=CC(C)=CC2(C)O)C=C1. The summed E-state index contributed by atoms with van der Waals surface area (Å²) in [4.78, 5) is 0. The molecule has 164 valence electrons. The van der Waals surface area contributed by atoms with Gasteiger partial charge in [-0.2, -0.15) is 0 Å². The Morgan fingerprint density at radius 2 is 1.10 bits per heavy atom. The maximum atomic E-state index is 11.3. The molecule has 0 aromatic rings. The van der Waals surface area contributed by atoms with E-state index >= 15 is 0 Å². The summed E-state index contributed by atoms with van der Waals surface area (Å²) in [7, 11) is 0. The third kappa shape index (κ3) is 4.80. The number of hydrogen-bond acceptors (Lipinski definition) is 3. The second-order valence-electron chi connectivity index (χ2n) is 10.3. The van der Waals surface area contributed by atoms with Crippen LogP contribution in [0.15, 0.2) is 71.4 Å². The van der Waals surface area contributed by atoms with Gasteiger partial charge in [-0.1, -0.05) is 53.2 Å². The van der Waals surface area contributed by atoms with Crippen molar-refractivity contribution >= 4 is 0 Å². The van der Waals surface area contributed by atoms with E-state index in [4.69, 9.17) is 0 Å². The molecule has 0 saturated heterocycles. The summed E-state index contributed by atoms with van der Waals surface area (Å²) >= 11 is 0. The van der Waals surface area contributed by atoms with Gasteiger partial charge in [0.25, 0.3) is 0 Å². The van der Waals surface area contributed by atoms with E-state index in [1.165, 1.54) is 0 Å². The summed E-state index contributed by atoms with van der Waals surface area (Å²) < 4.78 is 0. The second-order valence-corrected chi connectivity index (χ2v) is 10.3. The molecule has 0 fully saturated rings. The first-order valence-corrected chi connectivity index (χ1v) is 11.1. The molecule has 3 N–H and O–H groups in total. The zero-order valence-electron chi connectivity index (χ0n) is 19.3. The van der Waals surface area contributed by atoms with Crippen molar-refractivity contribution in [1.82, 2.24) is 0 Å². The number of hydrogen-bond donors (Lipinski definition) is 3. The van der Waals surface area contributed by atoms with Gasteiger partial charge in [0.05, 0.1) is 16.8 Å². The molecule has 3 rings (SSSR count). The molecule has 0 aliphatic heterocycles. The molecule has 0 aromatic heterocycles. The van der Waals surface area contributed by atoms with Crippen LogP contribution in [0.5, 0.6) is 0 Å². The molecule has 3 heteroatoms. The largest absolute Gasteiger partial charge is 0.385 e. The number of allylic oxidation sites excluding steroid dienone is 6. The van der Waals surface area contributed by atoms with Gasteiger partial charge in [0.2, 0.25) is 0 Å². The highest BCUT2D eigenvalue weighted by atomic mass is 16.3. The third-order valence-corrected chi connectivity index (χ3v) is 7.12. The first kappa shape index (κ1) is 23.0. The molecule has 6 atom stereocenters. The fourth-order valence-electron chi connectivity index (χ4n) is 5.69. The van der Waals surface area contributed by atoms with Gasteiger partial charge < -0.3 is 15.3 Å². The van der Waals surface area contributed by atoms with Gasteiger partial charge >= 0.3 is 0 Å². The predicted molar refractivity (Wildman–Crippen MR) is 124 cm³/mol. The van der Waals surface area contributed by atoms with Crippen LogP contribution in [0.25, 0.3) is 0 Å². The quantitative estimate of drug-likeness (QED) is 0.595. The Kier molecular flexibility index (Phi) is 6.21. The molecular weight excluding hydrogens is 372 g/mol. The number of aliphatic hydroxyl groups is 3. The van der Waals surface area contributed by atoms with Crippen LogP contribution in [0.3, 0.4) is 0 Å². The second kappa shape index (κ2) is 8.11. The molecule has 3 aliphatic carbocycles. The molecule has 0 aromatic carbocycles. The first-order valence-electron chi connectivity index (χ1n) is 11.1. The van der Waals surface area contributed by atoms with Crippen LogP contribution in [-0.4, -0.2) is 32.1 Å². The lowest BCUT2D eigenvalue weighted by molar-refractivity contribution is -0.0259. The van der Waals surface area contributed by atoms with Gasteiger partial charge in [0.1, 0.15) is 0 Å². The number of rotatable bonds is 5. The summed E-state index contributed by atoms with van der Waals surface area (Å²) in [6, 6.07) is 0. The molecule has 0 amide bonds. The Morgan fingerprint density at radius 3 is 1.50 bits per heavy atom. The maximum Gasteiger partial charge on any atom is 0.0870 e. The first-order chi connectivity index (χ1) is 13.8. The Balaban J connectivity index is 1.91. The van der Waals surface area contributed by atoms with Gasteiger partial charge in [-0.05, 0) is 78.5 Å². The highest BCUT2D eigenvalue weighted by Crippen LogP contribution is 2.46. The van der Waals surface area contributed by atoms with E-state index in [0.717, 1.165) is 29.6 Å². The zero-order valence-corrected chi connectivity index (χ0v) is 19.3. The maximum absolute atomic E-state index is 11.3. The van der Waals surface area contributed by atoms with E-state index in [1.807, 2.05) is 59.8 Å². The minimum atomic E-state index is -0.981. The molecule has 0 radical (unpaired) electrons. The standard InChI is InChI=1S/C27H38O3/c1-18-7-10-21(25(4,28)15-18)11-12-22(23-13-8-19(2)16-26(23,5)29)24-14-9-20(3)17-27(24,6)30/h7-10,13-17,21-24,28-30H,11-12H2,1-6H3. The minimum Gasteiger partial charge on any atom is -0.385 e. The van der Waals surface area contributed by atoms with E-state index in [-0.39, 0.29) is 23.7 Å². The molecule has 0 bridgehead atoms. The predicted octanol–water partition coefficient (Wildman–Crippen LogP) is 5.03. The van der Waals surface area contributed by atoms with E-state index < -0.39 is 16.8 Å². The summed E-state index contributed by atoms with van der Waals surface area (Å²) in [5, 5.41) is 33.5. The van der Waals surface area contributed by atoms with Crippen LogP contribution in [0.1, 0.15) is 54.4 Å². The smallest absolute Gasteiger partial charge is 0.0870 e. The molecule has 3 nitrogen and oxygen atoms in total. The van der Waals surface area contributed by atoms with Gasteiger partial charge in [-0.3, -0.25) is 0 Å². The average molecular weight is 411 g/mol. The van der Waals surface area contributed by atoms with Crippen molar-refractivity contribution in [3.05, 3.63) is 71.4 Å². The summed E-state index contributed by atoms with van der Waals surface area (Å²) in [6.07, 6.45) is 19.9. The van der Waals surface area contributed by atoms with Crippen molar-refractivity contribution in [3.63, 3.8) is 0 Å². The van der Waals surface area contributed by atoms with Crippen molar-refractivity contribution in [2.45, 2.75) is 71.2 Å². The van der Waals surface area contributed by atoms with E-state index in [9.17, 15) is 15.3 Å². The van der Waals surface area contributed by atoms with E-state index in [1.54, 1.807) is 0 Å². The normalized spacial score (nSPS) is 41.9. The van der Waals surface area contributed by atoms with Gasteiger partial charge in [0.15, 0.2) is 0 Å². The van der Waals surface area contributed by atoms with Gasteiger partial charge in [-0.25, -0.2) is 0 Å². The Hall–Kier alpha value is -1.68. The van der Waals surface area contributed by atoms with Crippen molar-refractivity contribution in [2.75, 3.05) is 0 Å². The zero-order chi connectivity index (χ0) is 22.3. The van der Waals surface area contributed by atoms with Crippen LogP contribution in [0.2, 0.25) is 0 Å². The Bertz CT molecular complexity index is 799.